The summed E-state index contributed by atoms with van der Waals surface area (Å²) < 4.78 is 13.8. The van der Waals surface area contributed by atoms with Crippen LogP contribution in [0.3, 0.4) is 0 Å². The van der Waals surface area contributed by atoms with Crippen molar-refractivity contribution in [1.82, 2.24) is 19.9 Å². The van der Waals surface area contributed by atoms with Crippen molar-refractivity contribution in [3.63, 3.8) is 0 Å². The molecule has 4 rings (SSSR count). The van der Waals surface area contributed by atoms with Gasteiger partial charge in [0.25, 0.3) is 5.91 Å². The van der Waals surface area contributed by atoms with Crippen LogP contribution in [0.1, 0.15) is 27.4 Å². The highest BCUT2D eigenvalue weighted by Crippen LogP contribution is 2.32. The van der Waals surface area contributed by atoms with Gasteiger partial charge < -0.3 is 15.7 Å². The number of anilines is 1. The van der Waals surface area contributed by atoms with Crippen LogP contribution in [0, 0.1) is 25.1 Å². The van der Waals surface area contributed by atoms with Gasteiger partial charge >= 0.3 is 0 Å². The minimum Gasteiger partial charge on any atom is -0.338 e. The number of aryl methyl sites for hydroxylation is 2. The number of pyridine rings is 2. The van der Waals surface area contributed by atoms with Crippen molar-refractivity contribution >= 4 is 24.0 Å². The first-order valence-electron chi connectivity index (χ1n) is 10.2. The van der Waals surface area contributed by atoms with E-state index >= 15 is 0 Å². The number of imidazole rings is 1. The maximum atomic E-state index is 13.8. The van der Waals surface area contributed by atoms with E-state index < -0.39 is 0 Å². The molecule has 0 spiro atoms. The Morgan fingerprint density at radius 1 is 1.09 bits per heavy atom. The van der Waals surface area contributed by atoms with Gasteiger partial charge in [-0.05, 0) is 74.0 Å². The maximum absolute atomic E-state index is 13.8. The molecule has 0 aliphatic carbocycles. The van der Waals surface area contributed by atoms with Crippen LogP contribution in [0.25, 0.3) is 28.6 Å². The van der Waals surface area contributed by atoms with Gasteiger partial charge in [0, 0.05) is 35.4 Å². The van der Waals surface area contributed by atoms with Crippen molar-refractivity contribution in [2.24, 2.45) is 0 Å². The normalized spacial score (nSPS) is 11.0. The second-order valence-corrected chi connectivity index (χ2v) is 7.41. The Bertz CT molecular complexity index is 1360. The lowest BCUT2D eigenvalue weighted by Gasteiger charge is -2.08. The lowest BCUT2D eigenvalue weighted by atomic mass is 10.0. The second kappa shape index (κ2) is 9.35. The van der Waals surface area contributed by atoms with E-state index in [0.717, 1.165) is 23.0 Å². The Balaban J connectivity index is 1.72. The van der Waals surface area contributed by atoms with Gasteiger partial charge in [-0.25, -0.2) is 14.4 Å². The summed E-state index contributed by atoms with van der Waals surface area (Å²) in [5.41, 5.74) is 4.53. The average Bonchev–Trinajstić information content (AvgIpc) is 3.24. The molecule has 0 aliphatic rings. The predicted molar refractivity (Wildman–Crippen MR) is 127 cm³/mol. The first-order valence-corrected chi connectivity index (χ1v) is 10.2. The number of H-pyrrole nitrogens is 1. The number of halogens is 1. The molecule has 0 bridgehead atoms. The zero-order valence-corrected chi connectivity index (χ0v) is 18.1. The lowest BCUT2D eigenvalue weighted by molar-refractivity contribution is 0.102. The fraction of sp³-hybridized carbons (Fsp3) is 0.0800. The van der Waals surface area contributed by atoms with Gasteiger partial charge in [0.05, 0.1) is 17.0 Å². The zero-order chi connectivity index (χ0) is 23.4. The molecule has 8 heteroatoms. The van der Waals surface area contributed by atoms with Gasteiger partial charge in [0.1, 0.15) is 17.5 Å². The summed E-state index contributed by atoms with van der Waals surface area (Å²) in [7, 11) is 0. The summed E-state index contributed by atoms with van der Waals surface area (Å²) in [5, 5.41) is 10.0. The highest BCUT2D eigenvalue weighted by Gasteiger charge is 2.16. The Hall–Kier alpha value is -4.46. The molecule has 4 aromatic rings. The molecular weight excluding hydrogens is 419 g/mol. The zero-order valence-electron chi connectivity index (χ0n) is 18.1. The summed E-state index contributed by atoms with van der Waals surface area (Å²) in [6.45, 7) is 3.55. The number of hydrogen-bond acceptors (Lipinski definition) is 5. The summed E-state index contributed by atoms with van der Waals surface area (Å²) in [6, 6.07) is 11.8. The molecule has 7 nitrogen and oxygen atoms in total. The van der Waals surface area contributed by atoms with E-state index in [9.17, 15) is 9.18 Å². The van der Waals surface area contributed by atoms with Crippen LogP contribution in [0.15, 0.2) is 60.9 Å². The molecular formula is C25H21FN6O. The van der Waals surface area contributed by atoms with Crippen molar-refractivity contribution in [2.75, 3.05) is 5.32 Å². The van der Waals surface area contributed by atoms with E-state index in [1.54, 1.807) is 61.7 Å². The van der Waals surface area contributed by atoms with Crippen molar-refractivity contribution < 1.29 is 9.18 Å². The summed E-state index contributed by atoms with van der Waals surface area (Å²) in [4.78, 5) is 28.8. The number of carbonyl (C=O) groups excluding carboxylic acids is 1. The molecule has 0 atom stereocenters. The van der Waals surface area contributed by atoms with Gasteiger partial charge in [-0.2, -0.15) is 0 Å². The Kier molecular flexibility index (Phi) is 6.17. The summed E-state index contributed by atoms with van der Waals surface area (Å²) in [6.07, 6.45) is 7.48. The molecule has 3 heterocycles. The van der Waals surface area contributed by atoms with Crippen LogP contribution in [0.4, 0.5) is 10.2 Å². The Morgan fingerprint density at radius 2 is 1.94 bits per heavy atom. The number of aromatic amines is 1. The Morgan fingerprint density at radius 3 is 2.67 bits per heavy atom. The van der Waals surface area contributed by atoms with Crippen LogP contribution < -0.4 is 5.32 Å². The monoisotopic (exact) mass is 440 g/mol. The van der Waals surface area contributed by atoms with Crippen LogP contribution in [0.2, 0.25) is 0 Å². The lowest BCUT2D eigenvalue weighted by Crippen LogP contribution is -2.13. The predicted octanol–water partition coefficient (Wildman–Crippen LogP) is 5.20. The molecule has 3 N–H and O–H groups in total. The van der Waals surface area contributed by atoms with Gasteiger partial charge in [-0.1, -0.05) is 0 Å². The summed E-state index contributed by atoms with van der Waals surface area (Å²) >= 11 is 0. The van der Waals surface area contributed by atoms with E-state index in [0.29, 0.717) is 34.2 Å². The van der Waals surface area contributed by atoms with Gasteiger partial charge in [-0.3, -0.25) is 9.78 Å². The third kappa shape index (κ3) is 4.90. The number of nitrogens with one attached hydrogen (secondary N) is 3. The van der Waals surface area contributed by atoms with Crippen LogP contribution in [0.5, 0.6) is 0 Å². The molecule has 0 saturated heterocycles. The fourth-order valence-corrected chi connectivity index (χ4v) is 3.26. The largest absolute Gasteiger partial charge is 0.338 e. The molecule has 164 valence electrons. The number of carbonyl (C=O) groups is 1. The SMILES string of the molecule is Cc1ccc(C(=O)Nc2cc(-c3[nH]c(/C=C\C=N)nc3-c3ccc(F)c(C)c3)ccn2)cn1. The molecule has 0 aliphatic heterocycles. The number of allylic oxidation sites excluding steroid dienone is 1. The number of benzene rings is 1. The van der Waals surface area contributed by atoms with Gasteiger partial charge in [-0.15, -0.1) is 0 Å². The van der Waals surface area contributed by atoms with Crippen molar-refractivity contribution in [2.45, 2.75) is 13.8 Å². The van der Waals surface area contributed by atoms with Gasteiger partial charge in [0.2, 0.25) is 0 Å². The van der Waals surface area contributed by atoms with Crippen LogP contribution in [-0.2, 0) is 0 Å². The van der Waals surface area contributed by atoms with E-state index in [4.69, 9.17) is 5.41 Å². The first kappa shape index (κ1) is 21.8. The van der Waals surface area contributed by atoms with E-state index in [1.165, 1.54) is 12.3 Å². The molecule has 3 aromatic heterocycles. The molecule has 0 unspecified atom stereocenters. The number of nitrogens with zero attached hydrogens (tertiary/aromatic N) is 3. The van der Waals surface area contributed by atoms with E-state index in [-0.39, 0.29) is 11.7 Å². The summed E-state index contributed by atoms with van der Waals surface area (Å²) in [5.74, 6) is 0.295. The van der Waals surface area contributed by atoms with Crippen molar-refractivity contribution in [3.8, 4) is 22.5 Å². The third-order valence-electron chi connectivity index (χ3n) is 4.97. The quantitative estimate of drug-likeness (QED) is 0.358. The topological polar surface area (TPSA) is 107 Å². The molecule has 1 amide bonds. The number of rotatable bonds is 6. The maximum Gasteiger partial charge on any atom is 0.258 e. The van der Waals surface area contributed by atoms with Crippen LogP contribution in [-0.4, -0.2) is 32.1 Å². The minimum atomic E-state index is -0.319. The first-order chi connectivity index (χ1) is 15.9. The number of hydrogen-bond donors (Lipinski definition) is 3. The average molecular weight is 440 g/mol. The number of amides is 1. The van der Waals surface area contributed by atoms with E-state index in [2.05, 4.69) is 25.3 Å². The molecule has 0 radical (unpaired) electrons. The second-order valence-electron chi connectivity index (χ2n) is 7.41. The standard InChI is InChI=1S/C25H21FN6O/c1-15-12-17(7-8-20(15)26)23-24(31-21(30-23)4-3-10-27)18-9-11-28-22(13-18)32-25(33)19-6-5-16(2)29-14-19/h3-14,27H,1-2H3,(H,30,31)(H,28,32,33)/b4-3-,27-10?. The van der Waals surface area contributed by atoms with Crippen molar-refractivity contribution in [3.05, 3.63) is 89.4 Å². The number of aromatic nitrogens is 4. The van der Waals surface area contributed by atoms with E-state index in [1.807, 2.05) is 6.92 Å². The van der Waals surface area contributed by atoms with Crippen LogP contribution >= 0.6 is 0 Å². The highest BCUT2D eigenvalue weighted by molar-refractivity contribution is 6.03. The minimum absolute atomic E-state index is 0.292. The Labute approximate surface area is 190 Å². The smallest absolute Gasteiger partial charge is 0.258 e. The van der Waals surface area contributed by atoms with Crippen molar-refractivity contribution in [1.29, 1.82) is 5.41 Å². The highest BCUT2D eigenvalue weighted by atomic mass is 19.1. The molecule has 1 aromatic carbocycles. The third-order valence-corrected chi connectivity index (χ3v) is 4.97. The fourth-order valence-electron chi connectivity index (χ4n) is 3.26. The molecule has 33 heavy (non-hydrogen) atoms. The molecule has 0 fully saturated rings. The van der Waals surface area contributed by atoms with Gasteiger partial charge in [0.15, 0.2) is 0 Å². The molecule has 0 saturated carbocycles.